The summed E-state index contributed by atoms with van der Waals surface area (Å²) in [6.07, 6.45) is 4.40. The number of piperidine rings is 2. The van der Waals surface area contributed by atoms with Crippen LogP contribution in [0.2, 0.25) is 0 Å². The maximum atomic E-state index is 14.0. The van der Waals surface area contributed by atoms with Crippen molar-refractivity contribution in [3.8, 4) is 0 Å². The molecule has 0 bridgehead atoms. The predicted octanol–water partition coefficient (Wildman–Crippen LogP) is 2.38. The van der Waals surface area contributed by atoms with Crippen molar-refractivity contribution >= 4 is 21.8 Å². The van der Waals surface area contributed by atoms with Gasteiger partial charge in [-0.2, -0.15) is 4.72 Å². The van der Waals surface area contributed by atoms with Crippen LogP contribution in [0, 0.1) is 17.7 Å². The summed E-state index contributed by atoms with van der Waals surface area (Å²) in [5, 5.41) is 0. The normalized spacial score (nSPS) is 19.5. The third-order valence-electron chi connectivity index (χ3n) is 6.16. The Bertz CT molecular complexity index is 892. The second kappa shape index (κ2) is 10.1. The molecular formula is C22H32FN3O4S. The van der Waals surface area contributed by atoms with Gasteiger partial charge in [-0.1, -0.05) is 26.0 Å². The van der Waals surface area contributed by atoms with E-state index in [9.17, 15) is 22.4 Å². The van der Waals surface area contributed by atoms with Crippen molar-refractivity contribution in [3.05, 3.63) is 30.1 Å². The molecule has 2 heterocycles. The first-order valence-electron chi connectivity index (χ1n) is 11.0. The highest BCUT2D eigenvalue weighted by Crippen LogP contribution is 2.24. The highest BCUT2D eigenvalue weighted by Gasteiger charge is 2.36. The topological polar surface area (TPSA) is 86.8 Å². The summed E-state index contributed by atoms with van der Waals surface area (Å²) in [5.74, 6) is -1.43. The van der Waals surface area contributed by atoms with Crippen molar-refractivity contribution < 1.29 is 22.4 Å². The van der Waals surface area contributed by atoms with E-state index in [1.807, 2.05) is 4.90 Å². The summed E-state index contributed by atoms with van der Waals surface area (Å²) < 4.78 is 41.8. The maximum Gasteiger partial charge on any atom is 0.244 e. The van der Waals surface area contributed by atoms with Crippen LogP contribution < -0.4 is 4.72 Å². The average molecular weight is 454 g/mol. The summed E-state index contributed by atoms with van der Waals surface area (Å²) in [6.45, 7) is 5.94. The molecule has 0 saturated carbocycles. The van der Waals surface area contributed by atoms with Gasteiger partial charge in [0, 0.05) is 32.1 Å². The lowest BCUT2D eigenvalue weighted by Crippen LogP contribution is -2.54. The highest BCUT2D eigenvalue weighted by molar-refractivity contribution is 7.89. The Kier molecular flexibility index (Phi) is 7.69. The Labute approximate surface area is 184 Å². The van der Waals surface area contributed by atoms with Crippen LogP contribution in [-0.2, 0) is 19.6 Å². The molecule has 0 aliphatic carbocycles. The zero-order chi connectivity index (χ0) is 22.6. The molecule has 7 nitrogen and oxygen atoms in total. The molecule has 1 aromatic carbocycles. The minimum absolute atomic E-state index is 0.0882. The van der Waals surface area contributed by atoms with Crippen molar-refractivity contribution in [2.75, 3.05) is 26.2 Å². The van der Waals surface area contributed by atoms with Gasteiger partial charge in [-0.3, -0.25) is 9.59 Å². The van der Waals surface area contributed by atoms with Crippen molar-refractivity contribution in [1.29, 1.82) is 0 Å². The SMILES string of the molecule is CC(C)[C@H](NS(=O)(=O)c1ccccc1F)C(=O)N1CCC(C(=O)N2CCCCC2)CC1. The Morgan fingerprint density at radius 2 is 1.61 bits per heavy atom. The van der Waals surface area contributed by atoms with E-state index in [0.717, 1.165) is 38.4 Å². The minimum atomic E-state index is -4.19. The summed E-state index contributed by atoms with van der Waals surface area (Å²) in [4.78, 5) is 28.9. The number of nitrogens with one attached hydrogen (secondary N) is 1. The van der Waals surface area contributed by atoms with E-state index >= 15 is 0 Å². The molecule has 1 aromatic rings. The van der Waals surface area contributed by atoms with Gasteiger partial charge in [0.2, 0.25) is 21.8 Å². The van der Waals surface area contributed by atoms with Crippen LogP contribution in [-0.4, -0.2) is 62.3 Å². The van der Waals surface area contributed by atoms with Crippen LogP contribution in [0.4, 0.5) is 4.39 Å². The van der Waals surface area contributed by atoms with Crippen molar-refractivity contribution in [2.24, 2.45) is 11.8 Å². The first-order valence-corrected chi connectivity index (χ1v) is 12.5. The number of amides is 2. The molecule has 0 aromatic heterocycles. The van der Waals surface area contributed by atoms with E-state index in [-0.39, 0.29) is 23.7 Å². The zero-order valence-electron chi connectivity index (χ0n) is 18.2. The lowest BCUT2D eigenvalue weighted by Gasteiger charge is -2.37. The largest absolute Gasteiger partial charge is 0.342 e. The molecule has 2 amide bonds. The fourth-order valence-corrected chi connectivity index (χ4v) is 5.70. The van der Waals surface area contributed by atoms with Gasteiger partial charge in [0.25, 0.3) is 0 Å². The maximum absolute atomic E-state index is 14.0. The van der Waals surface area contributed by atoms with Crippen LogP contribution in [0.25, 0.3) is 0 Å². The number of rotatable bonds is 6. The van der Waals surface area contributed by atoms with Crippen LogP contribution in [0.15, 0.2) is 29.2 Å². The predicted molar refractivity (Wildman–Crippen MR) is 115 cm³/mol. The second-order valence-electron chi connectivity index (χ2n) is 8.76. The fourth-order valence-electron chi connectivity index (χ4n) is 4.28. The number of benzene rings is 1. The van der Waals surface area contributed by atoms with Gasteiger partial charge in [-0.05, 0) is 50.2 Å². The summed E-state index contributed by atoms with van der Waals surface area (Å²) >= 11 is 0. The van der Waals surface area contributed by atoms with Gasteiger partial charge >= 0.3 is 0 Å². The van der Waals surface area contributed by atoms with E-state index in [0.29, 0.717) is 25.9 Å². The summed E-state index contributed by atoms with van der Waals surface area (Å²) in [5.41, 5.74) is 0. The highest BCUT2D eigenvalue weighted by atomic mass is 32.2. The van der Waals surface area contributed by atoms with Crippen molar-refractivity contribution in [2.45, 2.75) is 56.9 Å². The molecular weight excluding hydrogens is 421 g/mol. The number of carbonyl (C=O) groups excluding carboxylic acids is 2. The Balaban J connectivity index is 1.63. The molecule has 0 radical (unpaired) electrons. The van der Waals surface area contributed by atoms with Gasteiger partial charge in [0.1, 0.15) is 16.8 Å². The lowest BCUT2D eigenvalue weighted by atomic mass is 9.93. The first kappa shape index (κ1) is 23.7. The van der Waals surface area contributed by atoms with E-state index in [1.165, 1.54) is 18.2 Å². The Morgan fingerprint density at radius 1 is 1.00 bits per heavy atom. The average Bonchev–Trinajstić information content (AvgIpc) is 2.77. The number of sulfonamides is 1. The molecule has 0 spiro atoms. The van der Waals surface area contributed by atoms with Crippen LogP contribution >= 0.6 is 0 Å². The number of likely N-dealkylation sites (tertiary alicyclic amines) is 2. The van der Waals surface area contributed by atoms with Crippen LogP contribution in [0.3, 0.4) is 0 Å². The van der Waals surface area contributed by atoms with Gasteiger partial charge < -0.3 is 9.80 Å². The van der Waals surface area contributed by atoms with E-state index in [1.54, 1.807) is 18.7 Å². The molecule has 9 heteroatoms. The fraction of sp³-hybridized carbons (Fsp3) is 0.636. The van der Waals surface area contributed by atoms with E-state index < -0.39 is 26.8 Å². The molecule has 1 N–H and O–H groups in total. The third-order valence-corrected chi connectivity index (χ3v) is 7.64. The molecule has 31 heavy (non-hydrogen) atoms. The van der Waals surface area contributed by atoms with Crippen molar-refractivity contribution in [3.63, 3.8) is 0 Å². The van der Waals surface area contributed by atoms with Gasteiger partial charge in [0.05, 0.1) is 0 Å². The zero-order valence-corrected chi connectivity index (χ0v) is 19.0. The molecule has 2 fully saturated rings. The first-order chi connectivity index (χ1) is 14.7. The molecule has 3 rings (SSSR count). The third kappa shape index (κ3) is 5.63. The molecule has 0 unspecified atom stereocenters. The van der Waals surface area contributed by atoms with E-state index in [2.05, 4.69) is 4.72 Å². The number of halogens is 1. The standard InChI is InChI=1S/C22H32FN3O4S/c1-16(2)20(24-31(29,30)19-9-5-4-8-18(19)23)22(28)26-14-10-17(11-15-26)21(27)25-12-6-3-7-13-25/h4-5,8-9,16-17,20,24H,3,6-7,10-15H2,1-2H3/t20-/m0/s1. The molecule has 172 valence electrons. The minimum Gasteiger partial charge on any atom is -0.342 e. The lowest BCUT2D eigenvalue weighted by molar-refractivity contribution is -0.142. The molecule has 2 aliphatic rings. The van der Waals surface area contributed by atoms with E-state index in [4.69, 9.17) is 0 Å². The van der Waals surface area contributed by atoms with Gasteiger partial charge in [0.15, 0.2) is 0 Å². The quantitative estimate of drug-likeness (QED) is 0.717. The monoisotopic (exact) mass is 453 g/mol. The van der Waals surface area contributed by atoms with Crippen molar-refractivity contribution in [1.82, 2.24) is 14.5 Å². The summed E-state index contributed by atoms with van der Waals surface area (Å²) in [7, 11) is -4.19. The van der Waals surface area contributed by atoms with Gasteiger partial charge in [-0.15, -0.1) is 0 Å². The number of nitrogens with zero attached hydrogens (tertiary/aromatic N) is 2. The van der Waals surface area contributed by atoms with Crippen LogP contribution in [0.5, 0.6) is 0 Å². The number of carbonyl (C=O) groups is 2. The Hall–Kier alpha value is -2.00. The molecule has 2 aliphatic heterocycles. The smallest absolute Gasteiger partial charge is 0.244 e. The summed E-state index contributed by atoms with van der Waals surface area (Å²) in [6, 6.07) is 4.10. The van der Waals surface area contributed by atoms with Gasteiger partial charge in [-0.25, -0.2) is 12.8 Å². The van der Waals surface area contributed by atoms with Crippen LogP contribution in [0.1, 0.15) is 46.0 Å². The molecule has 1 atom stereocenters. The molecule has 2 saturated heterocycles. The Morgan fingerprint density at radius 3 is 2.19 bits per heavy atom. The number of hydrogen-bond acceptors (Lipinski definition) is 4. The second-order valence-corrected chi connectivity index (χ2v) is 10.4. The number of hydrogen-bond donors (Lipinski definition) is 1.